The number of carbonyl (C=O) groups excluding carboxylic acids is 1. The molecule has 0 radical (unpaired) electrons. The first-order valence-corrected chi connectivity index (χ1v) is 7.42. The topological polar surface area (TPSA) is 88.3 Å². The molecule has 1 fully saturated rings. The Kier molecular flexibility index (Phi) is 4.95. The molecular weight excluding hydrogens is 284 g/mol. The van der Waals surface area contributed by atoms with E-state index in [9.17, 15) is 14.7 Å². The normalized spacial score (nSPS) is 21.5. The summed E-state index contributed by atoms with van der Waals surface area (Å²) in [5, 5.41) is 17.5. The number of aliphatic carboxylic acids is 1. The number of carboxylic acid groups (broad SMARTS) is 1. The summed E-state index contributed by atoms with van der Waals surface area (Å²) in [6.07, 6.45) is 6.71. The predicted molar refractivity (Wildman–Crippen MR) is 80.0 cm³/mol. The lowest BCUT2D eigenvalue weighted by Gasteiger charge is -2.39. The van der Waals surface area contributed by atoms with Gasteiger partial charge < -0.3 is 10.0 Å². The van der Waals surface area contributed by atoms with Crippen LogP contribution in [0.3, 0.4) is 0 Å². The van der Waals surface area contributed by atoms with Crippen molar-refractivity contribution in [3.8, 4) is 0 Å². The summed E-state index contributed by atoms with van der Waals surface area (Å²) in [4.78, 5) is 27.0. The number of carboxylic acids is 1. The SMILES string of the molecule is CC(C)=CC[C@@]1(C(=O)O)CCCN(C(=O)Cn2nccn2)C1. The maximum absolute atomic E-state index is 12.3. The van der Waals surface area contributed by atoms with Crippen LogP contribution < -0.4 is 0 Å². The van der Waals surface area contributed by atoms with E-state index in [0.717, 1.165) is 5.57 Å². The first-order valence-electron chi connectivity index (χ1n) is 7.42. The third-order valence-electron chi connectivity index (χ3n) is 4.03. The van der Waals surface area contributed by atoms with Gasteiger partial charge in [-0.15, -0.1) is 0 Å². The Morgan fingerprint density at radius 3 is 2.59 bits per heavy atom. The molecule has 0 aromatic carbocycles. The number of carbonyl (C=O) groups is 2. The summed E-state index contributed by atoms with van der Waals surface area (Å²) >= 11 is 0. The summed E-state index contributed by atoms with van der Waals surface area (Å²) in [6.45, 7) is 4.77. The molecule has 1 N–H and O–H groups in total. The summed E-state index contributed by atoms with van der Waals surface area (Å²) in [5.74, 6) is -0.974. The van der Waals surface area contributed by atoms with E-state index in [1.807, 2.05) is 19.9 Å². The number of hydrogen-bond acceptors (Lipinski definition) is 4. The number of rotatable bonds is 5. The quantitative estimate of drug-likeness (QED) is 0.829. The molecule has 0 unspecified atom stereocenters. The van der Waals surface area contributed by atoms with Gasteiger partial charge in [-0.1, -0.05) is 11.6 Å². The van der Waals surface area contributed by atoms with Crippen LogP contribution >= 0.6 is 0 Å². The van der Waals surface area contributed by atoms with Crippen LogP contribution in [-0.4, -0.2) is 50.0 Å². The number of nitrogens with zero attached hydrogens (tertiary/aromatic N) is 4. The minimum atomic E-state index is -0.886. The van der Waals surface area contributed by atoms with Crippen molar-refractivity contribution in [3.63, 3.8) is 0 Å². The maximum atomic E-state index is 12.3. The zero-order valence-corrected chi connectivity index (χ0v) is 13.0. The van der Waals surface area contributed by atoms with Crippen molar-refractivity contribution in [2.75, 3.05) is 13.1 Å². The van der Waals surface area contributed by atoms with Gasteiger partial charge in [-0.05, 0) is 33.1 Å². The van der Waals surface area contributed by atoms with E-state index in [0.29, 0.717) is 25.8 Å². The van der Waals surface area contributed by atoms with E-state index in [1.54, 1.807) is 4.90 Å². The lowest BCUT2D eigenvalue weighted by molar-refractivity contribution is -0.154. The lowest BCUT2D eigenvalue weighted by atomic mass is 9.76. The largest absolute Gasteiger partial charge is 0.481 e. The molecule has 0 aliphatic carbocycles. The maximum Gasteiger partial charge on any atom is 0.311 e. The molecule has 1 aromatic heterocycles. The van der Waals surface area contributed by atoms with E-state index in [1.165, 1.54) is 17.2 Å². The molecule has 1 amide bonds. The molecule has 0 spiro atoms. The fourth-order valence-corrected chi connectivity index (χ4v) is 2.72. The molecule has 22 heavy (non-hydrogen) atoms. The molecule has 1 saturated heterocycles. The van der Waals surface area contributed by atoms with Crippen LogP contribution in [-0.2, 0) is 16.1 Å². The van der Waals surface area contributed by atoms with E-state index in [-0.39, 0.29) is 19.0 Å². The van der Waals surface area contributed by atoms with Crippen molar-refractivity contribution in [1.29, 1.82) is 0 Å². The molecule has 1 aromatic rings. The van der Waals surface area contributed by atoms with Gasteiger partial charge >= 0.3 is 5.97 Å². The molecule has 1 atom stereocenters. The second-order valence-electron chi connectivity index (χ2n) is 6.05. The van der Waals surface area contributed by atoms with Crippen LogP contribution in [0.5, 0.6) is 0 Å². The second-order valence-corrected chi connectivity index (χ2v) is 6.05. The van der Waals surface area contributed by atoms with Crippen LogP contribution in [0.1, 0.15) is 33.1 Å². The van der Waals surface area contributed by atoms with Crippen molar-refractivity contribution in [2.24, 2.45) is 5.41 Å². The third kappa shape index (κ3) is 3.72. The smallest absolute Gasteiger partial charge is 0.311 e. The van der Waals surface area contributed by atoms with Crippen molar-refractivity contribution >= 4 is 11.9 Å². The second kappa shape index (κ2) is 6.72. The van der Waals surface area contributed by atoms with Crippen LogP contribution in [0.25, 0.3) is 0 Å². The molecule has 1 aliphatic heterocycles. The van der Waals surface area contributed by atoms with Gasteiger partial charge in [0, 0.05) is 13.1 Å². The first-order chi connectivity index (χ1) is 10.4. The average Bonchev–Trinajstić information content (AvgIpc) is 2.98. The van der Waals surface area contributed by atoms with Gasteiger partial charge in [0.1, 0.15) is 6.54 Å². The molecule has 0 saturated carbocycles. The van der Waals surface area contributed by atoms with E-state index < -0.39 is 11.4 Å². The Balaban J connectivity index is 2.09. The summed E-state index contributed by atoms with van der Waals surface area (Å²) in [7, 11) is 0. The zero-order chi connectivity index (χ0) is 16.2. The molecule has 0 bridgehead atoms. The van der Waals surface area contributed by atoms with Gasteiger partial charge in [0.2, 0.25) is 5.91 Å². The van der Waals surface area contributed by atoms with Crippen molar-refractivity contribution in [2.45, 2.75) is 39.7 Å². The number of likely N-dealkylation sites (tertiary alicyclic amines) is 1. The monoisotopic (exact) mass is 306 g/mol. The minimum Gasteiger partial charge on any atom is -0.481 e. The minimum absolute atomic E-state index is 0.0470. The predicted octanol–water partition coefficient (Wildman–Crippen LogP) is 1.33. The van der Waals surface area contributed by atoms with E-state index in [4.69, 9.17) is 0 Å². The first kappa shape index (κ1) is 16.2. The molecular formula is C15H22N4O3. The Labute approximate surface area is 129 Å². The molecule has 7 heteroatoms. The molecule has 2 heterocycles. The van der Waals surface area contributed by atoms with Crippen LogP contribution in [0.4, 0.5) is 0 Å². The van der Waals surface area contributed by atoms with Gasteiger partial charge in [-0.3, -0.25) is 9.59 Å². The van der Waals surface area contributed by atoms with E-state index in [2.05, 4.69) is 10.2 Å². The number of aromatic nitrogens is 3. The Hall–Kier alpha value is -2.18. The van der Waals surface area contributed by atoms with Crippen molar-refractivity contribution in [3.05, 3.63) is 24.0 Å². The highest BCUT2D eigenvalue weighted by Crippen LogP contribution is 2.35. The van der Waals surface area contributed by atoms with Crippen LogP contribution in [0.15, 0.2) is 24.0 Å². The van der Waals surface area contributed by atoms with Crippen molar-refractivity contribution in [1.82, 2.24) is 19.9 Å². The van der Waals surface area contributed by atoms with Gasteiger partial charge in [-0.25, -0.2) is 0 Å². The number of hydrogen-bond donors (Lipinski definition) is 1. The van der Waals surface area contributed by atoms with Gasteiger partial charge in [-0.2, -0.15) is 15.0 Å². The van der Waals surface area contributed by atoms with Gasteiger partial charge in [0.05, 0.1) is 17.8 Å². The Bertz CT molecular complexity index is 563. The van der Waals surface area contributed by atoms with Gasteiger partial charge in [0.25, 0.3) is 0 Å². The standard InChI is InChI=1S/C15H22N4O3/c1-12(2)4-6-15(14(21)22)5-3-9-18(11-15)13(20)10-19-16-7-8-17-19/h4,7-8H,3,5-6,9-11H2,1-2H3,(H,21,22)/t15-/m0/s1. The Morgan fingerprint density at radius 1 is 1.32 bits per heavy atom. The number of amides is 1. The van der Waals surface area contributed by atoms with Crippen LogP contribution in [0.2, 0.25) is 0 Å². The summed E-state index contributed by atoms with van der Waals surface area (Å²) in [5.41, 5.74) is 0.202. The average molecular weight is 306 g/mol. The van der Waals surface area contributed by atoms with Crippen molar-refractivity contribution < 1.29 is 14.7 Å². The fraction of sp³-hybridized carbons (Fsp3) is 0.600. The lowest BCUT2D eigenvalue weighted by Crippen LogP contribution is -2.50. The van der Waals surface area contributed by atoms with Gasteiger partial charge in [0.15, 0.2) is 0 Å². The molecule has 1 aliphatic rings. The third-order valence-corrected chi connectivity index (χ3v) is 4.03. The highest BCUT2D eigenvalue weighted by atomic mass is 16.4. The zero-order valence-electron chi connectivity index (χ0n) is 13.0. The molecule has 120 valence electrons. The van der Waals surface area contributed by atoms with E-state index >= 15 is 0 Å². The summed E-state index contributed by atoms with van der Waals surface area (Å²) in [6, 6.07) is 0. The molecule has 2 rings (SSSR count). The fourth-order valence-electron chi connectivity index (χ4n) is 2.72. The highest BCUT2D eigenvalue weighted by molar-refractivity contribution is 5.79. The number of allylic oxidation sites excluding steroid dienone is 2. The van der Waals surface area contributed by atoms with Crippen LogP contribution in [0, 0.1) is 5.41 Å². The molecule has 7 nitrogen and oxygen atoms in total. The Morgan fingerprint density at radius 2 is 2.00 bits per heavy atom. The highest BCUT2D eigenvalue weighted by Gasteiger charge is 2.42. The summed E-state index contributed by atoms with van der Waals surface area (Å²) < 4.78 is 0. The number of piperidine rings is 1.